The molecule has 1 aliphatic heterocycles. The Bertz CT molecular complexity index is 995. The van der Waals surface area contributed by atoms with Crippen LogP contribution >= 0.6 is 12.2 Å². The summed E-state index contributed by atoms with van der Waals surface area (Å²) >= 11 is 5.27. The van der Waals surface area contributed by atoms with Crippen molar-refractivity contribution < 1.29 is 8.42 Å². The fourth-order valence-corrected chi connectivity index (χ4v) is 5.06. The van der Waals surface area contributed by atoms with Crippen LogP contribution in [0.1, 0.15) is 35.0 Å². The van der Waals surface area contributed by atoms with Crippen molar-refractivity contribution >= 4 is 39.1 Å². The SMILES string of the molecule is Cc1ccccc1NC(=S)NN=Cc1c(C)nn(C2CCS(=O)(=O)C2)c1C. The summed E-state index contributed by atoms with van der Waals surface area (Å²) in [5, 5.41) is 12.2. The number of para-hydroxylation sites is 1. The first-order valence-electron chi connectivity index (χ1n) is 8.68. The number of benzene rings is 1. The van der Waals surface area contributed by atoms with Gasteiger partial charge in [-0.1, -0.05) is 18.2 Å². The summed E-state index contributed by atoms with van der Waals surface area (Å²) in [7, 11) is -2.96. The fraction of sp³-hybridized carbons (Fsp3) is 0.389. The Morgan fingerprint density at radius 3 is 2.74 bits per heavy atom. The number of anilines is 1. The molecule has 2 N–H and O–H groups in total. The highest BCUT2D eigenvalue weighted by Crippen LogP contribution is 2.26. The van der Waals surface area contributed by atoms with Gasteiger partial charge in [-0.3, -0.25) is 10.1 Å². The number of hydrazone groups is 1. The summed E-state index contributed by atoms with van der Waals surface area (Å²) in [6, 6.07) is 7.74. The lowest BCUT2D eigenvalue weighted by Crippen LogP contribution is -2.24. The maximum absolute atomic E-state index is 11.7. The van der Waals surface area contributed by atoms with Crippen LogP contribution in [0.15, 0.2) is 29.4 Å². The number of thiocarbonyl (C=S) groups is 1. The topological polar surface area (TPSA) is 88.4 Å². The highest BCUT2D eigenvalue weighted by Gasteiger charge is 2.31. The summed E-state index contributed by atoms with van der Waals surface area (Å²) < 4.78 is 25.3. The average Bonchev–Trinajstić information content (AvgIpc) is 3.10. The fourth-order valence-electron chi connectivity index (χ4n) is 3.21. The Hall–Kier alpha value is -2.26. The van der Waals surface area contributed by atoms with Crippen LogP contribution in [0.25, 0.3) is 0 Å². The van der Waals surface area contributed by atoms with Gasteiger partial charge in [0, 0.05) is 16.9 Å². The molecule has 9 heteroatoms. The molecule has 1 fully saturated rings. The number of sulfone groups is 1. The third-order valence-electron chi connectivity index (χ3n) is 4.69. The van der Waals surface area contributed by atoms with E-state index >= 15 is 0 Å². The van der Waals surface area contributed by atoms with E-state index in [9.17, 15) is 8.42 Å². The maximum Gasteiger partial charge on any atom is 0.191 e. The van der Waals surface area contributed by atoms with E-state index in [-0.39, 0.29) is 17.5 Å². The zero-order valence-corrected chi connectivity index (χ0v) is 17.2. The van der Waals surface area contributed by atoms with Crippen molar-refractivity contribution in [2.75, 3.05) is 16.8 Å². The van der Waals surface area contributed by atoms with Gasteiger partial charge < -0.3 is 5.32 Å². The van der Waals surface area contributed by atoms with E-state index in [1.807, 2.05) is 49.7 Å². The molecule has 0 bridgehead atoms. The quantitative estimate of drug-likeness (QED) is 0.462. The molecule has 0 aliphatic carbocycles. The molecule has 1 saturated heterocycles. The lowest BCUT2D eigenvalue weighted by molar-refractivity contribution is 0.486. The first-order chi connectivity index (χ1) is 12.8. The van der Waals surface area contributed by atoms with E-state index in [2.05, 4.69) is 20.9 Å². The number of aryl methyl sites for hydroxylation is 2. The van der Waals surface area contributed by atoms with Crippen molar-refractivity contribution in [3.63, 3.8) is 0 Å². The van der Waals surface area contributed by atoms with Crippen molar-refractivity contribution in [2.24, 2.45) is 5.10 Å². The van der Waals surface area contributed by atoms with Crippen molar-refractivity contribution in [3.05, 3.63) is 46.8 Å². The highest BCUT2D eigenvalue weighted by molar-refractivity contribution is 7.91. The van der Waals surface area contributed by atoms with Crippen LogP contribution in [0.4, 0.5) is 5.69 Å². The average molecular weight is 406 g/mol. The van der Waals surface area contributed by atoms with Gasteiger partial charge in [0.05, 0.1) is 29.5 Å². The number of rotatable bonds is 4. The van der Waals surface area contributed by atoms with Gasteiger partial charge >= 0.3 is 0 Å². The molecule has 144 valence electrons. The molecule has 1 aromatic carbocycles. The number of hydrogen-bond acceptors (Lipinski definition) is 5. The summed E-state index contributed by atoms with van der Waals surface area (Å²) in [4.78, 5) is 0. The standard InChI is InChI=1S/C18H23N5O2S2/c1-12-6-4-5-7-17(12)20-18(26)21-19-10-16-13(2)22-23(14(16)3)15-8-9-27(24,25)11-15/h4-7,10,15H,8-9,11H2,1-3H3,(H2,20,21,26). The molecule has 3 rings (SSSR count). The molecule has 0 spiro atoms. The van der Waals surface area contributed by atoms with Gasteiger partial charge in [-0.05, 0) is 51.0 Å². The molecule has 1 aromatic heterocycles. The Morgan fingerprint density at radius 2 is 2.07 bits per heavy atom. The lowest BCUT2D eigenvalue weighted by Gasteiger charge is -2.11. The van der Waals surface area contributed by atoms with Gasteiger partial charge in [0.25, 0.3) is 0 Å². The lowest BCUT2D eigenvalue weighted by atomic mass is 10.2. The summed E-state index contributed by atoms with van der Waals surface area (Å²) in [5.41, 5.74) is 7.39. The van der Waals surface area contributed by atoms with Crippen molar-refractivity contribution in [2.45, 2.75) is 33.2 Å². The molecule has 0 saturated carbocycles. The molecule has 27 heavy (non-hydrogen) atoms. The Balaban J connectivity index is 1.67. The van der Waals surface area contributed by atoms with Crippen LogP contribution < -0.4 is 10.7 Å². The second-order valence-electron chi connectivity index (χ2n) is 6.72. The van der Waals surface area contributed by atoms with Crippen LogP contribution in [0.5, 0.6) is 0 Å². The smallest absolute Gasteiger partial charge is 0.191 e. The molecule has 7 nitrogen and oxygen atoms in total. The van der Waals surface area contributed by atoms with Crippen LogP contribution in [-0.2, 0) is 9.84 Å². The monoisotopic (exact) mass is 405 g/mol. The number of hydrogen-bond donors (Lipinski definition) is 2. The summed E-state index contributed by atoms with van der Waals surface area (Å²) in [6.07, 6.45) is 2.27. The minimum Gasteiger partial charge on any atom is -0.331 e. The van der Waals surface area contributed by atoms with Crippen LogP contribution in [0.3, 0.4) is 0 Å². The van der Waals surface area contributed by atoms with E-state index in [1.165, 1.54) is 0 Å². The number of nitrogens with one attached hydrogen (secondary N) is 2. The van der Waals surface area contributed by atoms with Gasteiger partial charge in [0.15, 0.2) is 14.9 Å². The van der Waals surface area contributed by atoms with Crippen molar-refractivity contribution in [3.8, 4) is 0 Å². The molecular weight excluding hydrogens is 382 g/mol. The van der Waals surface area contributed by atoms with Crippen molar-refractivity contribution in [1.29, 1.82) is 0 Å². The predicted molar refractivity (Wildman–Crippen MR) is 112 cm³/mol. The van der Waals surface area contributed by atoms with Crippen LogP contribution in [0.2, 0.25) is 0 Å². The summed E-state index contributed by atoms with van der Waals surface area (Å²) in [5.74, 6) is 0.369. The second kappa shape index (κ2) is 7.77. The molecular formula is C18H23N5O2S2. The molecule has 1 unspecified atom stereocenters. The van der Waals surface area contributed by atoms with Gasteiger partial charge in [0.1, 0.15) is 0 Å². The normalized spacial score (nSPS) is 18.7. The van der Waals surface area contributed by atoms with Gasteiger partial charge in [-0.25, -0.2) is 8.42 Å². The minimum atomic E-state index is -2.96. The Kier molecular flexibility index (Phi) is 5.61. The van der Waals surface area contributed by atoms with E-state index in [0.29, 0.717) is 11.5 Å². The second-order valence-corrected chi connectivity index (χ2v) is 9.36. The van der Waals surface area contributed by atoms with Crippen molar-refractivity contribution in [1.82, 2.24) is 15.2 Å². The zero-order valence-electron chi connectivity index (χ0n) is 15.6. The third-order valence-corrected chi connectivity index (χ3v) is 6.63. The first-order valence-corrected chi connectivity index (χ1v) is 10.9. The maximum atomic E-state index is 11.7. The largest absolute Gasteiger partial charge is 0.331 e. The van der Waals surface area contributed by atoms with Crippen LogP contribution in [-0.4, -0.2) is 41.0 Å². The van der Waals surface area contributed by atoms with E-state index in [0.717, 1.165) is 28.2 Å². The molecule has 2 aromatic rings. The first kappa shape index (κ1) is 19.5. The van der Waals surface area contributed by atoms with Crippen LogP contribution in [0, 0.1) is 20.8 Å². The van der Waals surface area contributed by atoms with Gasteiger partial charge in [0.2, 0.25) is 0 Å². The van der Waals surface area contributed by atoms with E-state index in [1.54, 1.807) is 6.21 Å². The number of nitrogens with zero attached hydrogens (tertiary/aromatic N) is 3. The molecule has 1 atom stereocenters. The van der Waals surface area contributed by atoms with Gasteiger partial charge in [-0.2, -0.15) is 10.2 Å². The van der Waals surface area contributed by atoms with Gasteiger partial charge in [-0.15, -0.1) is 0 Å². The molecule has 1 aliphatic rings. The number of aromatic nitrogens is 2. The Morgan fingerprint density at radius 1 is 1.33 bits per heavy atom. The van der Waals surface area contributed by atoms with E-state index < -0.39 is 9.84 Å². The molecule has 0 radical (unpaired) electrons. The zero-order chi connectivity index (χ0) is 19.6. The summed E-state index contributed by atoms with van der Waals surface area (Å²) in [6.45, 7) is 5.81. The third kappa shape index (κ3) is 4.54. The van der Waals surface area contributed by atoms with E-state index in [4.69, 9.17) is 12.2 Å². The minimum absolute atomic E-state index is 0.104. The molecule has 2 heterocycles. The Labute approximate surface area is 164 Å². The predicted octanol–water partition coefficient (Wildman–Crippen LogP) is 2.49. The molecule has 0 amide bonds. The highest BCUT2D eigenvalue weighted by atomic mass is 32.2.